The Morgan fingerprint density at radius 3 is 2.38 bits per heavy atom. The van der Waals surface area contributed by atoms with Gasteiger partial charge in [0, 0.05) is 0 Å². The van der Waals surface area contributed by atoms with Crippen molar-refractivity contribution in [1.82, 2.24) is 4.98 Å². The second-order valence-corrected chi connectivity index (χ2v) is 3.64. The van der Waals surface area contributed by atoms with Crippen LogP contribution in [0.4, 0.5) is 22.0 Å². The molecule has 0 atom stereocenters. The number of hydrogen-bond donors (Lipinski definition) is 1. The van der Waals surface area contributed by atoms with Crippen molar-refractivity contribution in [3.8, 4) is 11.6 Å². The molecular formula is C7H3F5INO2. The lowest BCUT2D eigenvalue weighted by molar-refractivity contribution is -0.276. The van der Waals surface area contributed by atoms with Crippen LogP contribution >= 0.6 is 22.6 Å². The largest absolute Gasteiger partial charge is 0.574 e. The Balaban J connectivity index is 3.19. The summed E-state index contributed by atoms with van der Waals surface area (Å²) >= 11 is 1.43. The molecule has 0 aromatic carbocycles. The van der Waals surface area contributed by atoms with E-state index >= 15 is 0 Å². The van der Waals surface area contributed by atoms with Gasteiger partial charge < -0.3 is 9.84 Å². The first kappa shape index (κ1) is 13.2. The normalized spacial score (nSPS) is 11.9. The lowest BCUT2D eigenvalue weighted by Crippen LogP contribution is -2.18. The highest BCUT2D eigenvalue weighted by Crippen LogP contribution is 2.37. The molecule has 1 N–H and O–H groups in total. The summed E-state index contributed by atoms with van der Waals surface area (Å²) in [5.74, 6) is -2.59. The van der Waals surface area contributed by atoms with Gasteiger partial charge in [-0.2, -0.15) is 0 Å². The molecule has 0 fully saturated rings. The molecule has 0 saturated heterocycles. The van der Waals surface area contributed by atoms with Gasteiger partial charge in [0.15, 0.2) is 5.75 Å². The van der Waals surface area contributed by atoms with Gasteiger partial charge in [-0.1, -0.05) is 0 Å². The maximum absolute atomic E-state index is 12.3. The fraction of sp³-hybridized carbons (Fsp3) is 0.286. The number of aromatic hydroxyl groups is 1. The Labute approximate surface area is 99.4 Å². The number of aromatic nitrogens is 1. The summed E-state index contributed by atoms with van der Waals surface area (Å²) in [6.07, 6.45) is -8.22. The summed E-state index contributed by atoms with van der Waals surface area (Å²) < 4.78 is 63.2. The van der Waals surface area contributed by atoms with E-state index in [1.54, 1.807) is 0 Å². The zero-order valence-corrected chi connectivity index (χ0v) is 9.38. The molecule has 0 saturated carbocycles. The third kappa shape index (κ3) is 3.32. The van der Waals surface area contributed by atoms with Gasteiger partial charge in [-0.3, -0.25) is 0 Å². The molecule has 90 valence electrons. The molecule has 3 nitrogen and oxygen atoms in total. The van der Waals surface area contributed by atoms with Crippen molar-refractivity contribution < 1.29 is 31.8 Å². The molecule has 1 rings (SSSR count). The molecule has 1 heterocycles. The van der Waals surface area contributed by atoms with Crippen LogP contribution in [0, 0.1) is 3.70 Å². The van der Waals surface area contributed by atoms with E-state index in [1.165, 1.54) is 22.6 Å². The molecule has 0 amide bonds. The predicted octanol–water partition coefficient (Wildman–Crippen LogP) is 3.23. The predicted molar refractivity (Wildman–Crippen MR) is 50.3 cm³/mol. The molecule has 0 aliphatic heterocycles. The minimum absolute atomic E-state index is 0.148. The van der Waals surface area contributed by atoms with Gasteiger partial charge in [-0.25, -0.2) is 13.8 Å². The van der Waals surface area contributed by atoms with Crippen LogP contribution in [0.2, 0.25) is 0 Å². The van der Waals surface area contributed by atoms with E-state index in [0.29, 0.717) is 0 Å². The zero-order valence-electron chi connectivity index (χ0n) is 7.23. The molecule has 16 heavy (non-hydrogen) atoms. The van der Waals surface area contributed by atoms with E-state index in [9.17, 15) is 22.0 Å². The standard InChI is InChI=1S/C7H3F5INO2/c8-5(9)2-1-3(13)14-6(4(2)15)16-7(10,11)12/h1,5,15H. The molecule has 0 unspecified atom stereocenters. The third-order valence-corrected chi connectivity index (χ3v) is 1.96. The summed E-state index contributed by atoms with van der Waals surface area (Å²) in [7, 11) is 0. The number of pyridine rings is 1. The van der Waals surface area contributed by atoms with Gasteiger partial charge >= 0.3 is 6.36 Å². The zero-order chi connectivity index (χ0) is 12.5. The fourth-order valence-electron chi connectivity index (χ4n) is 0.850. The van der Waals surface area contributed by atoms with Crippen LogP contribution in [0.15, 0.2) is 6.07 Å². The molecule has 0 bridgehead atoms. The van der Waals surface area contributed by atoms with Gasteiger partial charge in [0.2, 0.25) is 0 Å². The Morgan fingerprint density at radius 1 is 1.38 bits per heavy atom. The molecule has 9 heteroatoms. The maximum atomic E-state index is 12.3. The van der Waals surface area contributed by atoms with E-state index in [2.05, 4.69) is 9.72 Å². The van der Waals surface area contributed by atoms with Crippen LogP contribution in [0.1, 0.15) is 12.0 Å². The molecule has 1 aromatic rings. The smallest absolute Gasteiger partial charge is 0.503 e. The number of ether oxygens (including phenoxy) is 1. The number of alkyl halides is 5. The van der Waals surface area contributed by atoms with E-state index in [-0.39, 0.29) is 3.70 Å². The SMILES string of the molecule is Oc1c(C(F)F)cc(I)nc1OC(F)(F)F. The molecule has 0 aliphatic carbocycles. The monoisotopic (exact) mass is 355 g/mol. The first-order valence-corrected chi connectivity index (χ1v) is 4.72. The molecule has 0 aliphatic rings. The lowest BCUT2D eigenvalue weighted by atomic mass is 10.2. The minimum Gasteiger partial charge on any atom is -0.503 e. The molecule has 1 aromatic heterocycles. The van der Waals surface area contributed by atoms with Crippen molar-refractivity contribution in [2.75, 3.05) is 0 Å². The average molecular weight is 355 g/mol. The molecular weight excluding hydrogens is 352 g/mol. The second kappa shape index (κ2) is 4.55. The van der Waals surface area contributed by atoms with Gasteiger partial charge in [-0.05, 0) is 28.7 Å². The quantitative estimate of drug-likeness (QED) is 0.503. The van der Waals surface area contributed by atoms with E-state index in [1.807, 2.05) is 0 Å². The highest BCUT2D eigenvalue weighted by molar-refractivity contribution is 14.1. The summed E-state index contributed by atoms with van der Waals surface area (Å²) in [5, 5.41) is 9.08. The first-order chi connectivity index (χ1) is 7.20. The maximum Gasteiger partial charge on any atom is 0.574 e. The van der Waals surface area contributed by atoms with E-state index in [4.69, 9.17) is 5.11 Å². The first-order valence-electron chi connectivity index (χ1n) is 3.64. The highest BCUT2D eigenvalue weighted by atomic mass is 127. The van der Waals surface area contributed by atoms with Crippen molar-refractivity contribution in [3.05, 3.63) is 15.3 Å². The third-order valence-electron chi connectivity index (χ3n) is 1.41. The van der Waals surface area contributed by atoms with Crippen LogP contribution in [-0.2, 0) is 0 Å². The number of rotatable bonds is 2. The summed E-state index contributed by atoms with van der Waals surface area (Å²) in [5.41, 5.74) is -0.960. The summed E-state index contributed by atoms with van der Waals surface area (Å²) in [6.45, 7) is 0. The fourth-order valence-corrected chi connectivity index (χ4v) is 1.40. The van der Waals surface area contributed by atoms with Crippen LogP contribution in [0.5, 0.6) is 11.6 Å². The van der Waals surface area contributed by atoms with Crippen molar-refractivity contribution in [1.29, 1.82) is 0 Å². The molecule has 0 radical (unpaired) electrons. The van der Waals surface area contributed by atoms with Gasteiger partial charge in [0.1, 0.15) is 3.70 Å². The van der Waals surface area contributed by atoms with Crippen LogP contribution in [-0.4, -0.2) is 16.5 Å². The Bertz CT molecular complexity index is 395. The molecule has 0 spiro atoms. The number of hydrogen-bond acceptors (Lipinski definition) is 3. The summed E-state index contributed by atoms with van der Waals surface area (Å²) in [6, 6.07) is 0.768. The average Bonchev–Trinajstić information content (AvgIpc) is 2.07. The van der Waals surface area contributed by atoms with Crippen molar-refractivity contribution in [2.24, 2.45) is 0 Å². The second-order valence-electron chi connectivity index (χ2n) is 2.54. The van der Waals surface area contributed by atoms with E-state index < -0.39 is 30.0 Å². The number of halogens is 6. The topological polar surface area (TPSA) is 42.4 Å². The van der Waals surface area contributed by atoms with Crippen LogP contribution in [0.3, 0.4) is 0 Å². The van der Waals surface area contributed by atoms with Crippen molar-refractivity contribution >= 4 is 22.6 Å². The lowest BCUT2D eigenvalue weighted by Gasteiger charge is -2.12. The Hall–Kier alpha value is -0.870. The van der Waals surface area contributed by atoms with Gasteiger partial charge in [-0.15, -0.1) is 13.2 Å². The van der Waals surface area contributed by atoms with E-state index in [0.717, 1.165) is 6.07 Å². The number of nitrogens with zero attached hydrogens (tertiary/aromatic N) is 1. The van der Waals surface area contributed by atoms with Crippen LogP contribution < -0.4 is 4.74 Å². The van der Waals surface area contributed by atoms with Crippen LogP contribution in [0.25, 0.3) is 0 Å². The Morgan fingerprint density at radius 2 is 1.94 bits per heavy atom. The van der Waals surface area contributed by atoms with Crippen molar-refractivity contribution in [3.63, 3.8) is 0 Å². The summed E-state index contributed by atoms with van der Waals surface area (Å²) in [4.78, 5) is 3.16. The van der Waals surface area contributed by atoms with Crippen molar-refractivity contribution in [2.45, 2.75) is 12.8 Å². The van der Waals surface area contributed by atoms with Gasteiger partial charge in [0.25, 0.3) is 12.3 Å². The van der Waals surface area contributed by atoms with Gasteiger partial charge in [0.05, 0.1) is 5.56 Å². The minimum atomic E-state index is -5.10. The Kier molecular flexibility index (Phi) is 3.76. The highest BCUT2D eigenvalue weighted by Gasteiger charge is 2.34.